The van der Waals surface area contributed by atoms with Crippen LogP contribution in [0.1, 0.15) is 37.1 Å². The second-order valence-corrected chi connectivity index (χ2v) is 4.97. The van der Waals surface area contributed by atoms with E-state index in [0.29, 0.717) is 24.0 Å². The van der Waals surface area contributed by atoms with Crippen LogP contribution in [0.4, 0.5) is 0 Å². The topological polar surface area (TPSA) is 59.4 Å². The van der Waals surface area contributed by atoms with Crippen LogP contribution in [0.2, 0.25) is 0 Å². The highest BCUT2D eigenvalue weighted by molar-refractivity contribution is 5.85. The molecule has 0 atom stereocenters. The van der Waals surface area contributed by atoms with Gasteiger partial charge in [-0.15, -0.1) is 0 Å². The van der Waals surface area contributed by atoms with E-state index in [2.05, 4.69) is 4.98 Å². The van der Waals surface area contributed by atoms with E-state index in [4.69, 9.17) is 9.84 Å². The van der Waals surface area contributed by atoms with Crippen molar-refractivity contribution in [2.45, 2.75) is 32.6 Å². The fraction of sp³-hybridized carbons (Fsp3) is 0.467. The summed E-state index contributed by atoms with van der Waals surface area (Å²) in [6, 6.07) is 3.74. The third-order valence-electron chi connectivity index (χ3n) is 3.36. The third kappa shape index (κ3) is 4.09. The van der Waals surface area contributed by atoms with Gasteiger partial charge in [-0.1, -0.05) is 12.8 Å². The average Bonchev–Trinajstić information content (AvgIpc) is 2.88. The molecule has 0 amide bonds. The van der Waals surface area contributed by atoms with Crippen molar-refractivity contribution in [1.29, 1.82) is 0 Å². The third-order valence-corrected chi connectivity index (χ3v) is 3.36. The minimum absolute atomic E-state index is 0.584. The lowest BCUT2D eigenvalue weighted by Crippen LogP contribution is -2.09. The highest BCUT2D eigenvalue weighted by Crippen LogP contribution is 2.26. The van der Waals surface area contributed by atoms with Crippen molar-refractivity contribution in [2.75, 3.05) is 6.61 Å². The van der Waals surface area contributed by atoms with Crippen molar-refractivity contribution in [3.05, 3.63) is 29.6 Å². The number of ether oxygens (including phenoxy) is 1. The molecule has 0 unspecified atom stereocenters. The maximum Gasteiger partial charge on any atom is 0.328 e. The van der Waals surface area contributed by atoms with Crippen LogP contribution in [0.25, 0.3) is 6.08 Å². The summed E-state index contributed by atoms with van der Waals surface area (Å²) in [7, 11) is 0. The molecule has 0 saturated heterocycles. The Morgan fingerprint density at radius 1 is 1.47 bits per heavy atom. The number of carbonyl (C=O) groups is 1. The predicted octanol–water partition coefficient (Wildman–Crippen LogP) is 3.06. The van der Waals surface area contributed by atoms with Crippen LogP contribution in [-0.4, -0.2) is 22.7 Å². The molecule has 19 heavy (non-hydrogen) atoms. The van der Waals surface area contributed by atoms with E-state index in [1.165, 1.54) is 31.8 Å². The van der Waals surface area contributed by atoms with Crippen LogP contribution < -0.4 is 4.74 Å². The first kappa shape index (κ1) is 13.6. The number of rotatable bonds is 5. The van der Waals surface area contributed by atoms with Gasteiger partial charge in [-0.2, -0.15) is 0 Å². The number of nitrogens with zero attached hydrogens (tertiary/aromatic N) is 1. The number of hydrogen-bond donors (Lipinski definition) is 1. The average molecular weight is 261 g/mol. The lowest BCUT2D eigenvalue weighted by molar-refractivity contribution is -0.131. The number of aromatic nitrogens is 1. The molecule has 1 aromatic heterocycles. The predicted molar refractivity (Wildman–Crippen MR) is 73.1 cm³/mol. The zero-order valence-corrected chi connectivity index (χ0v) is 11.1. The van der Waals surface area contributed by atoms with E-state index in [1.54, 1.807) is 0 Å². The normalized spacial score (nSPS) is 16.1. The zero-order chi connectivity index (χ0) is 13.7. The molecule has 102 valence electrons. The summed E-state index contributed by atoms with van der Waals surface area (Å²) in [5.41, 5.74) is 1.43. The van der Waals surface area contributed by atoms with Crippen LogP contribution in [0.5, 0.6) is 5.75 Å². The van der Waals surface area contributed by atoms with Gasteiger partial charge in [0, 0.05) is 11.8 Å². The highest BCUT2D eigenvalue weighted by atomic mass is 16.5. The van der Waals surface area contributed by atoms with Crippen LogP contribution in [0.15, 0.2) is 18.2 Å². The number of aryl methyl sites for hydroxylation is 1. The summed E-state index contributed by atoms with van der Waals surface area (Å²) < 4.78 is 5.80. The molecule has 1 aliphatic carbocycles. The maximum atomic E-state index is 10.6. The first-order valence-electron chi connectivity index (χ1n) is 6.66. The number of hydrogen-bond acceptors (Lipinski definition) is 3. The number of carboxylic acid groups (broad SMARTS) is 1. The molecule has 1 fully saturated rings. The summed E-state index contributed by atoms with van der Waals surface area (Å²) >= 11 is 0. The van der Waals surface area contributed by atoms with Gasteiger partial charge in [0.15, 0.2) is 0 Å². The number of pyridine rings is 1. The first-order valence-corrected chi connectivity index (χ1v) is 6.66. The highest BCUT2D eigenvalue weighted by Gasteiger charge is 2.16. The van der Waals surface area contributed by atoms with Crippen LogP contribution in [0.3, 0.4) is 0 Å². The summed E-state index contributed by atoms with van der Waals surface area (Å²) in [4.78, 5) is 14.9. The maximum absolute atomic E-state index is 10.6. The van der Waals surface area contributed by atoms with Gasteiger partial charge in [-0.3, -0.25) is 0 Å². The Kier molecular flexibility index (Phi) is 4.55. The van der Waals surface area contributed by atoms with Crippen molar-refractivity contribution in [3.63, 3.8) is 0 Å². The van der Waals surface area contributed by atoms with E-state index >= 15 is 0 Å². The molecule has 1 aliphatic rings. The van der Waals surface area contributed by atoms with Crippen molar-refractivity contribution in [3.8, 4) is 5.75 Å². The lowest BCUT2D eigenvalue weighted by Gasteiger charge is -2.13. The molecule has 1 heterocycles. The minimum atomic E-state index is -0.981. The summed E-state index contributed by atoms with van der Waals surface area (Å²) in [6.45, 7) is 2.57. The quantitative estimate of drug-likeness (QED) is 0.827. The van der Waals surface area contributed by atoms with Crippen molar-refractivity contribution >= 4 is 12.0 Å². The van der Waals surface area contributed by atoms with E-state index in [-0.39, 0.29) is 0 Å². The molecule has 2 rings (SSSR count). The van der Waals surface area contributed by atoms with Crippen LogP contribution in [0, 0.1) is 12.8 Å². The molecule has 1 saturated carbocycles. The van der Waals surface area contributed by atoms with E-state index < -0.39 is 5.97 Å². The van der Waals surface area contributed by atoms with Crippen LogP contribution >= 0.6 is 0 Å². The van der Waals surface area contributed by atoms with Crippen molar-refractivity contribution < 1.29 is 14.6 Å². The van der Waals surface area contributed by atoms with Gasteiger partial charge in [0.25, 0.3) is 0 Å². The zero-order valence-electron chi connectivity index (χ0n) is 11.1. The molecule has 0 spiro atoms. The smallest absolute Gasteiger partial charge is 0.328 e. The Morgan fingerprint density at radius 3 is 2.89 bits per heavy atom. The van der Waals surface area contributed by atoms with Crippen molar-refractivity contribution in [2.24, 2.45) is 5.92 Å². The molecule has 0 aliphatic heterocycles. The standard InChI is InChI=1S/C15H19NO3/c1-11-6-8-14(13(16-11)7-9-15(17)18)19-10-12-4-2-3-5-12/h6-9,12H,2-5,10H2,1H3,(H,17,18). The molecule has 0 bridgehead atoms. The molecule has 0 radical (unpaired) electrons. The summed E-state index contributed by atoms with van der Waals surface area (Å²) in [5.74, 6) is 0.303. The van der Waals surface area contributed by atoms with E-state index in [9.17, 15) is 4.79 Å². The Balaban J connectivity index is 2.07. The van der Waals surface area contributed by atoms with Gasteiger partial charge in [-0.05, 0) is 43.9 Å². The Bertz CT molecular complexity index is 476. The summed E-state index contributed by atoms with van der Waals surface area (Å²) in [6.07, 6.45) is 7.58. The van der Waals surface area contributed by atoms with E-state index in [0.717, 1.165) is 11.8 Å². The van der Waals surface area contributed by atoms with Gasteiger partial charge in [0.2, 0.25) is 0 Å². The molecular weight excluding hydrogens is 242 g/mol. The van der Waals surface area contributed by atoms with E-state index in [1.807, 2.05) is 19.1 Å². The summed E-state index contributed by atoms with van der Waals surface area (Å²) in [5, 5.41) is 8.68. The molecular formula is C15H19NO3. The monoisotopic (exact) mass is 261 g/mol. The Labute approximate surface area is 113 Å². The second-order valence-electron chi connectivity index (χ2n) is 4.97. The molecule has 1 N–H and O–H groups in total. The van der Waals surface area contributed by atoms with Gasteiger partial charge in [0.05, 0.1) is 6.61 Å². The van der Waals surface area contributed by atoms with Gasteiger partial charge >= 0.3 is 5.97 Å². The number of aliphatic carboxylic acids is 1. The lowest BCUT2D eigenvalue weighted by atomic mass is 10.1. The molecule has 0 aromatic carbocycles. The van der Waals surface area contributed by atoms with Gasteiger partial charge in [-0.25, -0.2) is 9.78 Å². The largest absolute Gasteiger partial charge is 0.491 e. The molecule has 1 aromatic rings. The van der Waals surface area contributed by atoms with Gasteiger partial charge < -0.3 is 9.84 Å². The fourth-order valence-electron chi connectivity index (χ4n) is 2.34. The van der Waals surface area contributed by atoms with Crippen LogP contribution in [-0.2, 0) is 4.79 Å². The fourth-order valence-corrected chi connectivity index (χ4v) is 2.34. The first-order chi connectivity index (χ1) is 9.15. The van der Waals surface area contributed by atoms with Crippen molar-refractivity contribution in [1.82, 2.24) is 4.98 Å². The van der Waals surface area contributed by atoms with Gasteiger partial charge in [0.1, 0.15) is 11.4 Å². The molecule has 4 nitrogen and oxygen atoms in total. The number of carboxylic acids is 1. The second kappa shape index (κ2) is 6.36. The minimum Gasteiger partial charge on any atom is -0.491 e. The Hall–Kier alpha value is -1.84. The SMILES string of the molecule is Cc1ccc(OCC2CCCC2)c(C=CC(=O)O)n1. The Morgan fingerprint density at radius 2 is 2.21 bits per heavy atom. The molecule has 4 heteroatoms.